The van der Waals surface area contributed by atoms with Gasteiger partial charge in [-0.25, -0.2) is 0 Å². The largest absolute Gasteiger partial charge is 0.360 e. The summed E-state index contributed by atoms with van der Waals surface area (Å²) in [5.41, 5.74) is 0.583. The molecular weight excluding hydrogens is 244 g/mol. The van der Waals surface area contributed by atoms with Gasteiger partial charge in [0.2, 0.25) is 0 Å². The summed E-state index contributed by atoms with van der Waals surface area (Å²) in [5, 5.41) is 3.26. The van der Waals surface area contributed by atoms with E-state index in [1.165, 1.54) is 4.90 Å². The summed E-state index contributed by atoms with van der Waals surface area (Å²) < 4.78 is 5.55. The molecule has 2 amide bonds. The first-order valence-corrected chi connectivity index (χ1v) is 6.35. The first kappa shape index (κ1) is 12.3. The number of amides is 2. The van der Waals surface area contributed by atoms with Gasteiger partial charge in [0.25, 0.3) is 11.8 Å². The number of nitrogens with one attached hydrogen (secondary N) is 1. The smallest absolute Gasteiger partial charge is 0.261 e. The normalized spacial score (nSPS) is 24.9. The second-order valence-electron chi connectivity index (χ2n) is 5.43. The van der Waals surface area contributed by atoms with Gasteiger partial charge in [0.05, 0.1) is 23.8 Å². The zero-order valence-corrected chi connectivity index (χ0v) is 11.0. The van der Waals surface area contributed by atoms with Crippen molar-refractivity contribution in [1.29, 1.82) is 0 Å². The van der Waals surface area contributed by atoms with Crippen molar-refractivity contribution in [2.24, 2.45) is 0 Å². The van der Waals surface area contributed by atoms with E-state index in [1.807, 2.05) is 13.8 Å². The Bertz CT molecular complexity index is 518. The van der Waals surface area contributed by atoms with Crippen LogP contribution >= 0.6 is 0 Å². The van der Waals surface area contributed by atoms with E-state index >= 15 is 0 Å². The van der Waals surface area contributed by atoms with Crippen molar-refractivity contribution in [2.45, 2.75) is 25.6 Å². The fourth-order valence-corrected chi connectivity index (χ4v) is 2.61. The third-order valence-corrected chi connectivity index (χ3v) is 3.48. The van der Waals surface area contributed by atoms with Crippen LogP contribution in [0.15, 0.2) is 24.3 Å². The Hall–Kier alpha value is -1.72. The van der Waals surface area contributed by atoms with Crippen LogP contribution in [-0.2, 0) is 4.74 Å². The van der Waals surface area contributed by atoms with Crippen molar-refractivity contribution >= 4 is 11.8 Å². The number of imide groups is 1. The maximum atomic E-state index is 12.2. The van der Waals surface area contributed by atoms with E-state index in [-0.39, 0.29) is 17.9 Å². The Morgan fingerprint density at radius 2 is 1.84 bits per heavy atom. The predicted molar refractivity (Wildman–Crippen MR) is 68.8 cm³/mol. The second kappa shape index (κ2) is 4.15. The maximum absolute atomic E-state index is 12.2. The first-order chi connectivity index (χ1) is 8.98. The number of hydrogen-bond donors (Lipinski definition) is 1. The molecule has 5 nitrogen and oxygen atoms in total. The van der Waals surface area contributed by atoms with E-state index < -0.39 is 5.72 Å². The van der Waals surface area contributed by atoms with E-state index in [4.69, 9.17) is 4.74 Å². The fourth-order valence-electron chi connectivity index (χ4n) is 2.61. The molecule has 100 valence electrons. The van der Waals surface area contributed by atoms with E-state index in [9.17, 15) is 9.59 Å². The molecule has 1 fully saturated rings. The number of hydrogen-bond acceptors (Lipinski definition) is 4. The quantitative estimate of drug-likeness (QED) is 0.806. The van der Waals surface area contributed by atoms with Gasteiger partial charge in [-0.15, -0.1) is 0 Å². The summed E-state index contributed by atoms with van der Waals surface area (Å²) in [7, 11) is 0. The molecule has 5 heteroatoms. The van der Waals surface area contributed by atoms with Gasteiger partial charge in [-0.1, -0.05) is 12.1 Å². The van der Waals surface area contributed by atoms with E-state index in [0.29, 0.717) is 24.3 Å². The monoisotopic (exact) mass is 260 g/mol. The van der Waals surface area contributed by atoms with E-state index in [2.05, 4.69) is 5.32 Å². The number of benzene rings is 1. The van der Waals surface area contributed by atoms with Gasteiger partial charge in [-0.3, -0.25) is 19.8 Å². The van der Waals surface area contributed by atoms with Gasteiger partial charge in [-0.2, -0.15) is 0 Å². The van der Waals surface area contributed by atoms with Crippen LogP contribution in [0.3, 0.4) is 0 Å². The van der Waals surface area contributed by atoms with Crippen LogP contribution in [0.5, 0.6) is 0 Å². The predicted octanol–water partition coefficient (Wildman–Crippen LogP) is 1.01. The van der Waals surface area contributed by atoms with Crippen LogP contribution in [0.2, 0.25) is 0 Å². The fraction of sp³-hybridized carbons (Fsp3) is 0.429. The number of ether oxygens (including phenoxy) is 1. The van der Waals surface area contributed by atoms with Crippen molar-refractivity contribution < 1.29 is 14.3 Å². The standard InChI is InChI=1S/C14H16N2O3/c1-14(2)15-9(8-19-14)7-16-12(17)10-5-3-4-6-11(10)13(16)18/h3-6,9,15H,7-8H2,1-2H3. The molecule has 2 heterocycles. The number of carbonyl (C=O) groups is 2. The molecule has 19 heavy (non-hydrogen) atoms. The lowest BCUT2D eigenvalue weighted by atomic mass is 10.1. The highest BCUT2D eigenvalue weighted by atomic mass is 16.5. The highest BCUT2D eigenvalue weighted by Crippen LogP contribution is 2.24. The third kappa shape index (κ3) is 2.05. The molecule has 0 spiro atoms. The molecule has 1 aromatic rings. The Balaban J connectivity index is 1.78. The minimum absolute atomic E-state index is 0.0165. The minimum Gasteiger partial charge on any atom is -0.360 e. The van der Waals surface area contributed by atoms with Gasteiger partial charge in [0.15, 0.2) is 0 Å². The van der Waals surface area contributed by atoms with Crippen molar-refractivity contribution in [2.75, 3.05) is 13.2 Å². The second-order valence-corrected chi connectivity index (χ2v) is 5.43. The van der Waals surface area contributed by atoms with Crippen molar-refractivity contribution in [3.63, 3.8) is 0 Å². The average molecular weight is 260 g/mol. The molecule has 0 radical (unpaired) electrons. The molecule has 0 bridgehead atoms. The summed E-state index contributed by atoms with van der Waals surface area (Å²) in [5.74, 6) is -0.431. The maximum Gasteiger partial charge on any atom is 0.261 e. The van der Waals surface area contributed by atoms with Gasteiger partial charge in [0.1, 0.15) is 5.72 Å². The van der Waals surface area contributed by atoms with Crippen LogP contribution in [0.1, 0.15) is 34.6 Å². The summed E-state index contributed by atoms with van der Waals surface area (Å²) in [6, 6.07) is 6.91. The number of fused-ring (bicyclic) bond motifs is 1. The molecule has 1 saturated heterocycles. The molecule has 2 aliphatic heterocycles. The number of nitrogens with zero attached hydrogens (tertiary/aromatic N) is 1. The van der Waals surface area contributed by atoms with Crippen LogP contribution in [0.4, 0.5) is 0 Å². The Morgan fingerprint density at radius 3 is 2.32 bits per heavy atom. The summed E-state index contributed by atoms with van der Waals surface area (Å²) in [6.07, 6.45) is 0. The molecular formula is C14H16N2O3. The van der Waals surface area contributed by atoms with Gasteiger partial charge in [-0.05, 0) is 26.0 Å². The van der Waals surface area contributed by atoms with Gasteiger partial charge < -0.3 is 4.74 Å². The van der Waals surface area contributed by atoms with Crippen molar-refractivity contribution in [3.8, 4) is 0 Å². The highest BCUT2D eigenvalue weighted by molar-refractivity contribution is 6.21. The highest BCUT2D eigenvalue weighted by Gasteiger charge is 2.39. The lowest BCUT2D eigenvalue weighted by molar-refractivity contribution is 0.0231. The van der Waals surface area contributed by atoms with Crippen LogP contribution in [-0.4, -0.2) is 41.6 Å². The average Bonchev–Trinajstić information content (AvgIpc) is 2.83. The molecule has 0 aliphatic carbocycles. The Kier molecular flexibility index (Phi) is 2.69. The SMILES string of the molecule is CC1(C)NC(CN2C(=O)c3ccccc3C2=O)CO1. The van der Waals surface area contributed by atoms with Gasteiger partial charge in [0, 0.05) is 6.54 Å². The molecule has 1 unspecified atom stereocenters. The molecule has 0 aromatic heterocycles. The number of rotatable bonds is 2. The van der Waals surface area contributed by atoms with E-state index in [0.717, 1.165) is 0 Å². The Labute approximate surface area is 111 Å². The Morgan fingerprint density at radius 1 is 1.26 bits per heavy atom. The molecule has 1 N–H and O–H groups in total. The van der Waals surface area contributed by atoms with Gasteiger partial charge >= 0.3 is 0 Å². The molecule has 2 aliphatic rings. The lowest BCUT2D eigenvalue weighted by Crippen LogP contribution is -2.46. The zero-order valence-electron chi connectivity index (χ0n) is 11.0. The molecule has 1 atom stereocenters. The lowest BCUT2D eigenvalue weighted by Gasteiger charge is -2.21. The van der Waals surface area contributed by atoms with E-state index in [1.54, 1.807) is 24.3 Å². The third-order valence-electron chi connectivity index (χ3n) is 3.48. The molecule has 3 rings (SSSR count). The van der Waals surface area contributed by atoms with Crippen LogP contribution in [0.25, 0.3) is 0 Å². The van der Waals surface area contributed by atoms with Crippen LogP contribution in [0, 0.1) is 0 Å². The first-order valence-electron chi connectivity index (χ1n) is 6.35. The topological polar surface area (TPSA) is 58.6 Å². The molecule has 1 aromatic carbocycles. The molecule has 0 saturated carbocycles. The van der Waals surface area contributed by atoms with Crippen molar-refractivity contribution in [1.82, 2.24) is 10.2 Å². The summed E-state index contributed by atoms with van der Waals surface area (Å²) in [4.78, 5) is 25.7. The van der Waals surface area contributed by atoms with Crippen molar-refractivity contribution in [3.05, 3.63) is 35.4 Å². The number of carbonyl (C=O) groups excluding carboxylic acids is 2. The zero-order chi connectivity index (χ0) is 13.6. The summed E-state index contributed by atoms with van der Waals surface area (Å²) >= 11 is 0. The van der Waals surface area contributed by atoms with Crippen LogP contribution < -0.4 is 5.32 Å². The minimum atomic E-state index is -0.399. The summed E-state index contributed by atoms with van der Waals surface area (Å²) in [6.45, 7) is 4.70.